The molecule has 11 heteroatoms. The Balaban J connectivity index is 1.61. The molecule has 0 atom stereocenters. The SMILES string of the molecule is COc1ccc(CN2CCN(S(=O)(=O)c3ccc(OC(F)(F)F)cc3)CC2)cc1OC. The number of ether oxygens (including phenoxy) is 3. The number of methoxy groups -OCH3 is 2. The summed E-state index contributed by atoms with van der Waals surface area (Å²) in [6.07, 6.45) is -4.83. The Morgan fingerprint density at radius 1 is 0.903 bits per heavy atom. The fraction of sp³-hybridized carbons (Fsp3) is 0.400. The van der Waals surface area contributed by atoms with Gasteiger partial charge in [0.2, 0.25) is 10.0 Å². The number of sulfonamides is 1. The molecule has 0 N–H and O–H groups in total. The molecule has 170 valence electrons. The monoisotopic (exact) mass is 460 g/mol. The van der Waals surface area contributed by atoms with Crippen molar-refractivity contribution in [1.82, 2.24) is 9.21 Å². The summed E-state index contributed by atoms with van der Waals surface area (Å²) >= 11 is 0. The molecule has 7 nitrogen and oxygen atoms in total. The third-order valence-corrected chi connectivity index (χ3v) is 6.79. The molecule has 1 fully saturated rings. The minimum atomic E-state index is -4.83. The van der Waals surface area contributed by atoms with Gasteiger partial charge < -0.3 is 14.2 Å². The first-order chi connectivity index (χ1) is 14.6. The minimum absolute atomic E-state index is 0.0737. The molecular weight excluding hydrogens is 437 g/mol. The number of alkyl halides is 3. The van der Waals surface area contributed by atoms with E-state index in [0.29, 0.717) is 31.1 Å². The number of halogens is 3. The molecule has 0 saturated carbocycles. The van der Waals surface area contributed by atoms with Crippen molar-refractivity contribution in [2.24, 2.45) is 0 Å². The first-order valence-corrected chi connectivity index (χ1v) is 10.9. The number of nitrogens with zero attached hydrogens (tertiary/aromatic N) is 2. The predicted molar refractivity (Wildman–Crippen MR) is 107 cm³/mol. The summed E-state index contributed by atoms with van der Waals surface area (Å²) in [6.45, 7) is 2.20. The zero-order chi connectivity index (χ0) is 22.6. The van der Waals surface area contributed by atoms with Gasteiger partial charge in [0, 0.05) is 32.7 Å². The topological polar surface area (TPSA) is 68.3 Å². The molecule has 0 spiro atoms. The summed E-state index contributed by atoms with van der Waals surface area (Å²) in [7, 11) is -0.679. The Morgan fingerprint density at radius 3 is 2.06 bits per heavy atom. The van der Waals surface area contributed by atoms with Crippen molar-refractivity contribution in [2.75, 3.05) is 40.4 Å². The van der Waals surface area contributed by atoms with Crippen molar-refractivity contribution in [3.63, 3.8) is 0 Å². The second kappa shape index (κ2) is 9.33. The fourth-order valence-corrected chi connectivity index (χ4v) is 4.75. The van der Waals surface area contributed by atoms with Gasteiger partial charge in [-0.25, -0.2) is 8.42 Å². The van der Waals surface area contributed by atoms with Crippen LogP contribution < -0.4 is 14.2 Å². The van der Waals surface area contributed by atoms with Crippen LogP contribution in [0.3, 0.4) is 0 Å². The highest BCUT2D eigenvalue weighted by Gasteiger charge is 2.32. The first-order valence-electron chi connectivity index (χ1n) is 9.41. The average molecular weight is 460 g/mol. The molecule has 2 aromatic carbocycles. The van der Waals surface area contributed by atoms with E-state index >= 15 is 0 Å². The molecule has 1 aliphatic heterocycles. The Kier molecular flexibility index (Phi) is 6.97. The van der Waals surface area contributed by atoms with Crippen LogP contribution in [0.4, 0.5) is 13.2 Å². The van der Waals surface area contributed by atoms with Gasteiger partial charge in [0.15, 0.2) is 11.5 Å². The van der Waals surface area contributed by atoms with Crippen molar-refractivity contribution >= 4 is 10.0 Å². The van der Waals surface area contributed by atoms with Gasteiger partial charge in [0.25, 0.3) is 0 Å². The maximum Gasteiger partial charge on any atom is 0.573 e. The number of piperazine rings is 1. The number of benzene rings is 2. The van der Waals surface area contributed by atoms with E-state index in [2.05, 4.69) is 9.64 Å². The van der Waals surface area contributed by atoms with Crippen LogP contribution in [0, 0.1) is 0 Å². The summed E-state index contributed by atoms with van der Waals surface area (Å²) in [5.74, 6) is 0.791. The second-order valence-corrected chi connectivity index (χ2v) is 8.83. The average Bonchev–Trinajstić information content (AvgIpc) is 2.73. The number of hydrogen-bond donors (Lipinski definition) is 0. The van der Waals surface area contributed by atoms with Gasteiger partial charge in [-0.15, -0.1) is 13.2 Å². The summed E-state index contributed by atoms with van der Waals surface area (Å²) in [4.78, 5) is 2.04. The number of rotatable bonds is 7. The van der Waals surface area contributed by atoms with Crippen LogP contribution in [0.25, 0.3) is 0 Å². The van der Waals surface area contributed by atoms with E-state index < -0.39 is 22.1 Å². The molecule has 2 aromatic rings. The van der Waals surface area contributed by atoms with Gasteiger partial charge in [-0.3, -0.25) is 4.90 Å². The lowest BCUT2D eigenvalue weighted by atomic mass is 10.1. The fourth-order valence-electron chi connectivity index (χ4n) is 3.33. The van der Waals surface area contributed by atoms with E-state index in [1.807, 2.05) is 18.2 Å². The van der Waals surface area contributed by atoms with Crippen LogP contribution in [0.1, 0.15) is 5.56 Å². The van der Waals surface area contributed by atoms with Crippen LogP contribution in [0.2, 0.25) is 0 Å². The summed E-state index contributed by atoms with van der Waals surface area (Å²) in [5, 5.41) is 0. The Hall–Kier alpha value is -2.50. The molecule has 0 radical (unpaired) electrons. The molecule has 0 aliphatic carbocycles. The summed E-state index contributed by atoms with van der Waals surface area (Å²) < 4.78 is 78.1. The maximum atomic E-state index is 12.8. The molecule has 0 bridgehead atoms. The molecule has 0 unspecified atom stereocenters. The van der Waals surface area contributed by atoms with Gasteiger partial charge in [0.1, 0.15) is 5.75 Å². The molecule has 1 aliphatic rings. The van der Waals surface area contributed by atoms with Crippen molar-refractivity contribution in [1.29, 1.82) is 0 Å². The van der Waals surface area contributed by atoms with Crippen LogP contribution in [0.5, 0.6) is 17.2 Å². The van der Waals surface area contributed by atoms with Crippen LogP contribution >= 0.6 is 0 Å². The van der Waals surface area contributed by atoms with Crippen LogP contribution in [-0.2, 0) is 16.6 Å². The lowest BCUT2D eigenvalue weighted by Gasteiger charge is -2.34. The third kappa shape index (κ3) is 5.81. The number of hydrogen-bond acceptors (Lipinski definition) is 6. The van der Waals surface area contributed by atoms with Crippen molar-refractivity contribution in [3.8, 4) is 17.2 Å². The van der Waals surface area contributed by atoms with E-state index in [9.17, 15) is 21.6 Å². The van der Waals surface area contributed by atoms with Crippen molar-refractivity contribution in [3.05, 3.63) is 48.0 Å². The van der Waals surface area contributed by atoms with E-state index in [1.165, 1.54) is 4.31 Å². The van der Waals surface area contributed by atoms with E-state index in [4.69, 9.17) is 9.47 Å². The Morgan fingerprint density at radius 2 is 1.52 bits per heavy atom. The third-order valence-electron chi connectivity index (χ3n) is 4.88. The van der Waals surface area contributed by atoms with Gasteiger partial charge in [-0.1, -0.05) is 6.07 Å². The van der Waals surface area contributed by atoms with Gasteiger partial charge in [-0.05, 0) is 42.0 Å². The second-order valence-electron chi connectivity index (χ2n) is 6.89. The molecule has 1 saturated heterocycles. The first kappa shape index (κ1) is 23.2. The van der Waals surface area contributed by atoms with E-state index in [0.717, 1.165) is 29.8 Å². The Bertz CT molecular complexity index is 989. The lowest BCUT2D eigenvalue weighted by molar-refractivity contribution is -0.274. The molecule has 0 aromatic heterocycles. The van der Waals surface area contributed by atoms with E-state index in [-0.39, 0.29) is 18.0 Å². The molecule has 3 rings (SSSR count). The largest absolute Gasteiger partial charge is 0.573 e. The highest BCUT2D eigenvalue weighted by Crippen LogP contribution is 2.29. The van der Waals surface area contributed by atoms with E-state index in [1.54, 1.807) is 14.2 Å². The normalized spacial score (nSPS) is 16.2. The molecule has 0 amide bonds. The Labute approximate surface area is 179 Å². The van der Waals surface area contributed by atoms with Crippen molar-refractivity contribution in [2.45, 2.75) is 17.8 Å². The van der Waals surface area contributed by atoms with Gasteiger partial charge in [-0.2, -0.15) is 4.31 Å². The quantitative estimate of drug-likeness (QED) is 0.633. The smallest absolute Gasteiger partial charge is 0.493 e. The highest BCUT2D eigenvalue weighted by atomic mass is 32.2. The predicted octanol–water partition coefficient (Wildman–Crippen LogP) is 3.11. The van der Waals surface area contributed by atoms with Crippen molar-refractivity contribution < 1.29 is 35.8 Å². The standard InChI is InChI=1S/C20H23F3N2O5S/c1-28-18-8-3-15(13-19(18)29-2)14-24-9-11-25(12-10-24)31(26,27)17-6-4-16(5-7-17)30-20(21,22)23/h3-8,13H,9-12,14H2,1-2H3. The zero-order valence-electron chi connectivity index (χ0n) is 17.1. The molecule has 31 heavy (non-hydrogen) atoms. The highest BCUT2D eigenvalue weighted by molar-refractivity contribution is 7.89. The zero-order valence-corrected chi connectivity index (χ0v) is 17.9. The summed E-state index contributed by atoms with van der Waals surface area (Å²) in [6, 6.07) is 9.85. The van der Waals surface area contributed by atoms with Gasteiger partial charge in [0.05, 0.1) is 19.1 Å². The maximum absolute atomic E-state index is 12.8. The van der Waals surface area contributed by atoms with Crippen LogP contribution in [0.15, 0.2) is 47.4 Å². The van der Waals surface area contributed by atoms with Gasteiger partial charge >= 0.3 is 6.36 Å². The lowest BCUT2D eigenvalue weighted by Crippen LogP contribution is -2.48. The minimum Gasteiger partial charge on any atom is -0.493 e. The molecular formula is C20H23F3N2O5S. The summed E-state index contributed by atoms with van der Waals surface area (Å²) in [5.41, 5.74) is 1.01. The van der Waals surface area contributed by atoms with Crippen LogP contribution in [-0.4, -0.2) is 64.4 Å². The molecule has 1 heterocycles.